The third-order valence-electron chi connectivity index (χ3n) is 3.59. The minimum Gasteiger partial charge on any atom is -0.465 e. The van der Waals surface area contributed by atoms with Crippen LogP contribution in [0.2, 0.25) is 0 Å². The fourth-order valence-corrected chi connectivity index (χ4v) is 4.41. The monoisotopic (exact) mass is 416 g/mol. The number of carbonyl (C=O) groups excluding carboxylic acids is 2. The zero-order valence-corrected chi connectivity index (χ0v) is 16.7. The molecule has 0 unspecified atom stereocenters. The van der Waals surface area contributed by atoms with Crippen LogP contribution in [0.25, 0.3) is 0 Å². The van der Waals surface area contributed by atoms with E-state index in [1.807, 2.05) is 0 Å². The third kappa shape index (κ3) is 4.70. The van der Waals surface area contributed by atoms with Crippen LogP contribution in [0.1, 0.15) is 32.0 Å². The van der Waals surface area contributed by atoms with Crippen molar-refractivity contribution in [1.82, 2.24) is 14.8 Å². The first-order valence-electron chi connectivity index (χ1n) is 7.79. The molecule has 0 amide bonds. The molecule has 2 aromatic heterocycles. The number of nitrogens with one attached hydrogen (secondary N) is 1. The number of H-pyrrole nitrogens is 1. The molecule has 27 heavy (non-hydrogen) atoms. The predicted octanol–water partition coefficient (Wildman–Crippen LogP) is 1.12. The summed E-state index contributed by atoms with van der Waals surface area (Å²) in [6, 6.07) is 0. The molecule has 2 aromatic rings. The van der Waals surface area contributed by atoms with E-state index in [1.54, 1.807) is 7.11 Å². The first kappa shape index (κ1) is 21.0. The van der Waals surface area contributed by atoms with Gasteiger partial charge in [-0.3, -0.25) is 4.57 Å². The Morgan fingerprint density at radius 3 is 2.59 bits per heavy atom. The van der Waals surface area contributed by atoms with Gasteiger partial charge in [0.15, 0.2) is 5.16 Å². The van der Waals surface area contributed by atoms with Gasteiger partial charge in [-0.15, -0.1) is 16.4 Å². The molecule has 0 aliphatic rings. The SMILES string of the molecule is COCCCn1c(SCc2c(C(=O)OC)sc(N)c2C(=O)OC)n[nH]c1=O. The molecular weight excluding hydrogens is 396 g/mol. The lowest BCUT2D eigenvalue weighted by Crippen LogP contribution is -2.18. The zero-order valence-electron chi connectivity index (χ0n) is 15.1. The van der Waals surface area contributed by atoms with Gasteiger partial charge in [-0.25, -0.2) is 19.5 Å². The first-order chi connectivity index (χ1) is 12.9. The van der Waals surface area contributed by atoms with E-state index in [1.165, 1.54) is 30.5 Å². The highest BCUT2D eigenvalue weighted by Crippen LogP contribution is 2.36. The lowest BCUT2D eigenvalue weighted by molar-refractivity contribution is 0.0601. The van der Waals surface area contributed by atoms with Gasteiger partial charge in [-0.2, -0.15) is 0 Å². The fraction of sp³-hybridized carbons (Fsp3) is 0.467. The van der Waals surface area contributed by atoms with Gasteiger partial charge in [-0.1, -0.05) is 11.8 Å². The average Bonchev–Trinajstić information content (AvgIpc) is 3.18. The molecule has 0 fully saturated rings. The van der Waals surface area contributed by atoms with Crippen molar-refractivity contribution in [3.8, 4) is 0 Å². The van der Waals surface area contributed by atoms with Crippen molar-refractivity contribution in [1.29, 1.82) is 0 Å². The van der Waals surface area contributed by atoms with Gasteiger partial charge >= 0.3 is 17.6 Å². The maximum atomic E-state index is 12.1. The molecule has 10 nitrogen and oxygen atoms in total. The summed E-state index contributed by atoms with van der Waals surface area (Å²) in [4.78, 5) is 36.3. The largest absolute Gasteiger partial charge is 0.465 e. The Bertz CT molecular complexity index is 872. The molecular formula is C15H20N4O6S2. The second kappa shape index (κ2) is 9.58. The fourth-order valence-electron chi connectivity index (χ4n) is 2.32. The van der Waals surface area contributed by atoms with Crippen LogP contribution in [-0.2, 0) is 26.5 Å². The maximum Gasteiger partial charge on any atom is 0.348 e. The van der Waals surface area contributed by atoms with Gasteiger partial charge in [0.25, 0.3) is 0 Å². The number of aromatic amines is 1. The summed E-state index contributed by atoms with van der Waals surface area (Å²) in [6.07, 6.45) is 0.635. The van der Waals surface area contributed by atoms with E-state index < -0.39 is 11.9 Å². The van der Waals surface area contributed by atoms with Gasteiger partial charge < -0.3 is 19.9 Å². The summed E-state index contributed by atoms with van der Waals surface area (Å²) in [5.41, 5.74) is 6.07. The van der Waals surface area contributed by atoms with Crippen LogP contribution in [0.3, 0.4) is 0 Å². The van der Waals surface area contributed by atoms with Crippen molar-refractivity contribution >= 4 is 40.0 Å². The van der Waals surface area contributed by atoms with Crippen LogP contribution in [0.4, 0.5) is 5.00 Å². The Balaban J connectivity index is 2.31. The van der Waals surface area contributed by atoms with Crippen molar-refractivity contribution in [2.45, 2.75) is 23.9 Å². The molecule has 0 bridgehead atoms. The Kier molecular flexibility index (Phi) is 7.45. The summed E-state index contributed by atoms with van der Waals surface area (Å²) < 4.78 is 16.0. The van der Waals surface area contributed by atoms with Gasteiger partial charge in [0.2, 0.25) is 0 Å². The van der Waals surface area contributed by atoms with Crippen LogP contribution in [0.5, 0.6) is 0 Å². The number of esters is 2. The molecule has 12 heteroatoms. The normalized spacial score (nSPS) is 10.8. The summed E-state index contributed by atoms with van der Waals surface area (Å²) in [5.74, 6) is -1.07. The average molecular weight is 416 g/mol. The molecule has 0 saturated heterocycles. The third-order valence-corrected chi connectivity index (χ3v) is 5.64. The van der Waals surface area contributed by atoms with Crippen molar-refractivity contribution in [2.24, 2.45) is 0 Å². The molecule has 0 saturated carbocycles. The van der Waals surface area contributed by atoms with E-state index in [0.717, 1.165) is 11.3 Å². The van der Waals surface area contributed by atoms with Crippen LogP contribution >= 0.6 is 23.1 Å². The summed E-state index contributed by atoms with van der Waals surface area (Å²) >= 11 is 2.15. The van der Waals surface area contributed by atoms with E-state index in [2.05, 4.69) is 10.2 Å². The molecule has 0 radical (unpaired) electrons. The Hall–Kier alpha value is -2.31. The topological polar surface area (TPSA) is 139 Å². The molecule has 0 atom stereocenters. The standard InChI is InChI=1S/C15H20N4O6S2/c1-23-6-4-5-19-14(22)17-18-15(19)26-7-8-9(12(20)24-2)11(16)27-10(8)13(21)25-3/h4-7,16H2,1-3H3,(H,17,22). The Morgan fingerprint density at radius 2 is 1.96 bits per heavy atom. The number of nitrogen functional groups attached to an aromatic ring is 1. The zero-order chi connectivity index (χ0) is 20.0. The number of hydrogen-bond donors (Lipinski definition) is 2. The second-order valence-electron chi connectivity index (χ2n) is 5.23. The van der Waals surface area contributed by atoms with E-state index in [0.29, 0.717) is 30.3 Å². The number of carbonyl (C=O) groups is 2. The van der Waals surface area contributed by atoms with Crippen LogP contribution in [0, 0.1) is 0 Å². The Morgan fingerprint density at radius 1 is 1.26 bits per heavy atom. The van der Waals surface area contributed by atoms with Crippen LogP contribution in [0.15, 0.2) is 9.95 Å². The number of rotatable bonds is 9. The summed E-state index contributed by atoms with van der Waals surface area (Å²) in [5, 5.41) is 6.97. The number of aromatic nitrogens is 3. The van der Waals surface area contributed by atoms with Crippen LogP contribution < -0.4 is 11.4 Å². The summed E-state index contributed by atoms with van der Waals surface area (Å²) in [7, 11) is 4.06. The molecule has 0 aliphatic heterocycles. The lowest BCUT2D eigenvalue weighted by Gasteiger charge is -2.07. The van der Waals surface area contributed by atoms with E-state index in [9.17, 15) is 14.4 Å². The highest BCUT2D eigenvalue weighted by molar-refractivity contribution is 7.98. The highest BCUT2D eigenvalue weighted by atomic mass is 32.2. The first-order valence-corrected chi connectivity index (χ1v) is 9.59. The molecule has 0 aliphatic carbocycles. The number of ether oxygens (including phenoxy) is 3. The van der Waals surface area contributed by atoms with E-state index in [4.69, 9.17) is 19.9 Å². The van der Waals surface area contributed by atoms with Crippen molar-refractivity contribution in [2.75, 3.05) is 33.7 Å². The minimum atomic E-state index is -0.644. The summed E-state index contributed by atoms with van der Waals surface area (Å²) in [6.45, 7) is 0.923. The Labute approximate surface area is 163 Å². The quantitative estimate of drug-likeness (QED) is 0.350. The number of anilines is 1. The van der Waals surface area contributed by atoms with Crippen molar-refractivity contribution in [3.63, 3.8) is 0 Å². The van der Waals surface area contributed by atoms with E-state index >= 15 is 0 Å². The smallest absolute Gasteiger partial charge is 0.348 e. The predicted molar refractivity (Wildman–Crippen MR) is 100 cm³/mol. The molecule has 0 spiro atoms. The number of thiophene rings is 1. The number of nitrogens with two attached hydrogens (primary N) is 1. The number of hydrogen-bond acceptors (Lipinski definition) is 10. The van der Waals surface area contributed by atoms with Gasteiger partial charge in [-0.05, 0) is 6.42 Å². The number of thioether (sulfide) groups is 1. The molecule has 148 valence electrons. The minimum absolute atomic E-state index is 0.124. The van der Waals surface area contributed by atoms with Crippen LogP contribution in [-0.4, -0.2) is 54.6 Å². The number of nitrogens with zero attached hydrogens (tertiary/aromatic N) is 2. The van der Waals surface area contributed by atoms with Gasteiger partial charge in [0.1, 0.15) is 9.88 Å². The second-order valence-corrected chi connectivity index (χ2v) is 7.22. The lowest BCUT2D eigenvalue weighted by atomic mass is 10.1. The maximum absolute atomic E-state index is 12.1. The highest BCUT2D eigenvalue weighted by Gasteiger charge is 2.27. The molecule has 2 heterocycles. The van der Waals surface area contributed by atoms with Crippen molar-refractivity contribution in [3.05, 3.63) is 26.5 Å². The van der Waals surface area contributed by atoms with Crippen molar-refractivity contribution < 1.29 is 23.8 Å². The molecule has 0 aromatic carbocycles. The van der Waals surface area contributed by atoms with Gasteiger partial charge in [0, 0.05) is 31.6 Å². The number of methoxy groups -OCH3 is 3. The molecule has 3 N–H and O–H groups in total. The molecule has 2 rings (SSSR count). The van der Waals surface area contributed by atoms with Gasteiger partial charge in [0.05, 0.1) is 19.8 Å². The van der Waals surface area contributed by atoms with E-state index in [-0.39, 0.29) is 26.9 Å².